The minimum atomic E-state index is -0.180. The van der Waals surface area contributed by atoms with E-state index in [4.69, 9.17) is 10.00 Å². The highest BCUT2D eigenvalue weighted by Crippen LogP contribution is 2.13. The van der Waals surface area contributed by atoms with Gasteiger partial charge in [0.05, 0.1) is 18.1 Å². The molecule has 0 saturated carbocycles. The van der Waals surface area contributed by atoms with Crippen molar-refractivity contribution in [3.8, 4) is 11.8 Å². The Labute approximate surface area is 82.9 Å². The van der Waals surface area contributed by atoms with E-state index in [1.165, 1.54) is 0 Å². The third kappa shape index (κ3) is 2.91. The first-order valence-corrected chi connectivity index (χ1v) is 4.28. The zero-order chi connectivity index (χ0) is 10.4. The standard InChI is InChI=1S/C11H10NO2/c1-9(6-7-13)14-11-4-2-10(8-12)3-5-11/h2-5,9H,6H2,1H3. The van der Waals surface area contributed by atoms with Crippen LogP contribution in [0.25, 0.3) is 0 Å². The number of nitrogens with zero attached hydrogens (tertiary/aromatic N) is 1. The van der Waals surface area contributed by atoms with Gasteiger partial charge in [0.15, 0.2) is 0 Å². The molecule has 0 saturated heterocycles. The third-order valence-corrected chi connectivity index (χ3v) is 1.69. The molecule has 0 aromatic heterocycles. The summed E-state index contributed by atoms with van der Waals surface area (Å²) in [6.07, 6.45) is 1.85. The van der Waals surface area contributed by atoms with Crippen molar-refractivity contribution in [3.63, 3.8) is 0 Å². The number of benzene rings is 1. The number of rotatable bonds is 4. The quantitative estimate of drug-likeness (QED) is 0.724. The average molecular weight is 188 g/mol. The molecular formula is C11H10NO2. The Balaban J connectivity index is 2.60. The van der Waals surface area contributed by atoms with Gasteiger partial charge >= 0.3 is 0 Å². The van der Waals surface area contributed by atoms with Crippen molar-refractivity contribution in [3.05, 3.63) is 29.8 Å². The van der Waals surface area contributed by atoms with Crippen molar-refractivity contribution in [2.24, 2.45) is 0 Å². The van der Waals surface area contributed by atoms with Crippen molar-refractivity contribution in [1.82, 2.24) is 0 Å². The molecule has 1 rings (SSSR count). The molecule has 0 spiro atoms. The van der Waals surface area contributed by atoms with E-state index in [1.54, 1.807) is 37.5 Å². The van der Waals surface area contributed by atoms with Crippen LogP contribution >= 0.6 is 0 Å². The Morgan fingerprint density at radius 1 is 1.43 bits per heavy atom. The highest BCUT2D eigenvalue weighted by atomic mass is 16.5. The second kappa shape index (κ2) is 5.03. The van der Waals surface area contributed by atoms with E-state index < -0.39 is 0 Å². The summed E-state index contributed by atoms with van der Waals surface area (Å²) in [7, 11) is 0. The van der Waals surface area contributed by atoms with Crippen LogP contribution in [-0.4, -0.2) is 12.4 Å². The molecule has 1 unspecified atom stereocenters. The first-order chi connectivity index (χ1) is 6.76. The Morgan fingerprint density at radius 3 is 2.57 bits per heavy atom. The van der Waals surface area contributed by atoms with Gasteiger partial charge in [0, 0.05) is 0 Å². The molecule has 1 atom stereocenters. The highest BCUT2D eigenvalue weighted by Gasteiger charge is 2.02. The van der Waals surface area contributed by atoms with Gasteiger partial charge in [0.25, 0.3) is 0 Å². The van der Waals surface area contributed by atoms with Gasteiger partial charge in [-0.15, -0.1) is 0 Å². The molecule has 1 aromatic carbocycles. The maximum atomic E-state index is 10.1. The Bertz CT molecular complexity index is 337. The predicted molar refractivity (Wildman–Crippen MR) is 51.6 cm³/mol. The molecule has 0 amide bonds. The predicted octanol–water partition coefficient (Wildman–Crippen LogP) is 1.83. The number of nitriles is 1. The minimum absolute atomic E-state index is 0.180. The number of ether oxygens (including phenoxy) is 1. The maximum Gasteiger partial charge on any atom is 0.202 e. The van der Waals surface area contributed by atoms with E-state index in [2.05, 4.69) is 0 Å². The van der Waals surface area contributed by atoms with Crippen molar-refractivity contribution in [2.75, 3.05) is 0 Å². The molecule has 0 fully saturated rings. The van der Waals surface area contributed by atoms with Crippen LogP contribution < -0.4 is 4.74 Å². The fourth-order valence-corrected chi connectivity index (χ4v) is 0.999. The van der Waals surface area contributed by atoms with Gasteiger partial charge in [-0.25, -0.2) is 0 Å². The molecular weight excluding hydrogens is 178 g/mol. The molecule has 0 aliphatic heterocycles. The van der Waals surface area contributed by atoms with Crippen molar-refractivity contribution in [2.45, 2.75) is 19.4 Å². The molecule has 1 radical (unpaired) electrons. The lowest BCUT2D eigenvalue weighted by Crippen LogP contribution is -2.11. The molecule has 3 heteroatoms. The summed E-state index contributed by atoms with van der Waals surface area (Å²) in [5.41, 5.74) is 0.590. The van der Waals surface area contributed by atoms with Gasteiger partial charge in [-0.2, -0.15) is 5.26 Å². The highest BCUT2D eigenvalue weighted by molar-refractivity contribution is 5.51. The molecule has 0 N–H and O–H groups in total. The van der Waals surface area contributed by atoms with Crippen LogP contribution in [-0.2, 0) is 4.79 Å². The van der Waals surface area contributed by atoms with E-state index in [-0.39, 0.29) is 12.5 Å². The summed E-state index contributed by atoms with van der Waals surface area (Å²) < 4.78 is 5.38. The van der Waals surface area contributed by atoms with Crippen LogP contribution in [0.3, 0.4) is 0 Å². The summed E-state index contributed by atoms with van der Waals surface area (Å²) in [5.74, 6) is 0.659. The summed E-state index contributed by atoms with van der Waals surface area (Å²) in [4.78, 5) is 10.1. The minimum Gasteiger partial charge on any atom is -0.490 e. The second-order valence-corrected chi connectivity index (χ2v) is 2.91. The van der Waals surface area contributed by atoms with Crippen LogP contribution in [0.15, 0.2) is 24.3 Å². The molecule has 71 valence electrons. The monoisotopic (exact) mass is 188 g/mol. The topological polar surface area (TPSA) is 50.1 Å². The summed E-state index contributed by atoms with van der Waals surface area (Å²) in [6.45, 7) is 1.79. The van der Waals surface area contributed by atoms with E-state index in [9.17, 15) is 4.79 Å². The van der Waals surface area contributed by atoms with Crippen LogP contribution in [0.2, 0.25) is 0 Å². The zero-order valence-electron chi connectivity index (χ0n) is 7.86. The Kier molecular flexibility index (Phi) is 3.69. The lowest BCUT2D eigenvalue weighted by atomic mass is 10.2. The van der Waals surface area contributed by atoms with Gasteiger partial charge in [-0.05, 0) is 31.2 Å². The largest absolute Gasteiger partial charge is 0.490 e. The van der Waals surface area contributed by atoms with Gasteiger partial charge in [0.2, 0.25) is 6.29 Å². The van der Waals surface area contributed by atoms with Crippen LogP contribution in [0, 0.1) is 11.3 Å². The number of hydrogen-bond acceptors (Lipinski definition) is 3. The lowest BCUT2D eigenvalue weighted by molar-refractivity contribution is 0.228. The summed E-state index contributed by atoms with van der Waals surface area (Å²) >= 11 is 0. The number of hydrogen-bond donors (Lipinski definition) is 0. The van der Waals surface area contributed by atoms with E-state index in [0.717, 1.165) is 0 Å². The Hall–Kier alpha value is -1.82. The normalized spacial score (nSPS) is 11.4. The number of carbonyl (C=O) groups excluding carboxylic acids is 1. The summed E-state index contributed by atoms with van der Waals surface area (Å²) in [5, 5.41) is 8.55. The SMILES string of the molecule is CC(C[C]=O)Oc1ccc(C#N)cc1. The van der Waals surface area contributed by atoms with Crippen LogP contribution in [0.1, 0.15) is 18.9 Å². The first-order valence-electron chi connectivity index (χ1n) is 4.28. The molecule has 0 bridgehead atoms. The van der Waals surface area contributed by atoms with Crippen molar-refractivity contribution < 1.29 is 9.53 Å². The first kappa shape index (κ1) is 10.3. The van der Waals surface area contributed by atoms with Crippen LogP contribution in [0.4, 0.5) is 0 Å². The van der Waals surface area contributed by atoms with Gasteiger partial charge in [-0.3, -0.25) is 4.79 Å². The zero-order valence-corrected chi connectivity index (χ0v) is 7.86. The van der Waals surface area contributed by atoms with E-state index in [0.29, 0.717) is 11.3 Å². The lowest BCUT2D eigenvalue weighted by Gasteiger charge is -2.10. The summed E-state index contributed by atoms with van der Waals surface area (Å²) in [6, 6.07) is 8.78. The van der Waals surface area contributed by atoms with Crippen LogP contribution in [0.5, 0.6) is 5.75 Å². The van der Waals surface area contributed by atoms with E-state index in [1.807, 2.05) is 6.07 Å². The Morgan fingerprint density at radius 2 is 2.07 bits per heavy atom. The van der Waals surface area contributed by atoms with E-state index >= 15 is 0 Å². The second-order valence-electron chi connectivity index (χ2n) is 2.91. The maximum absolute atomic E-state index is 10.1. The van der Waals surface area contributed by atoms with Crippen molar-refractivity contribution >= 4 is 6.29 Å². The molecule has 0 aliphatic rings. The van der Waals surface area contributed by atoms with Crippen molar-refractivity contribution in [1.29, 1.82) is 5.26 Å². The molecule has 0 heterocycles. The fraction of sp³-hybridized carbons (Fsp3) is 0.273. The third-order valence-electron chi connectivity index (χ3n) is 1.69. The van der Waals surface area contributed by atoms with Gasteiger partial charge in [0.1, 0.15) is 11.9 Å². The molecule has 0 aliphatic carbocycles. The fourth-order valence-electron chi connectivity index (χ4n) is 0.999. The van der Waals surface area contributed by atoms with Gasteiger partial charge < -0.3 is 4.74 Å². The molecule has 3 nitrogen and oxygen atoms in total. The smallest absolute Gasteiger partial charge is 0.202 e. The van der Waals surface area contributed by atoms with Gasteiger partial charge in [-0.1, -0.05) is 0 Å². The average Bonchev–Trinajstić information content (AvgIpc) is 2.19. The molecule has 14 heavy (non-hydrogen) atoms. The molecule has 1 aromatic rings.